The van der Waals surface area contributed by atoms with Crippen LogP contribution in [0.4, 0.5) is 0 Å². The normalized spacial score (nSPS) is 23.4. The smallest absolute Gasteiger partial charge is 0.0104 e. The molecule has 2 fully saturated rings. The van der Waals surface area contributed by atoms with Crippen LogP contribution in [-0.2, 0) is 0 Å². The van der Waals surface area contributed by atoms with Crippen molar-refractivity contribution in [1.29, 1.82) is 0 Å². The van der Waals surface area contributed by atoms with Crippen molar-refractivity contribution in [1.82, 2.24) is 0 Å². The predicted molar refractivity (Wildman–Crippen MR) is 204 cm³/mol. The van der Waals surface area contributed by atoms with E-state index in [0.717, 1.165) is 23.7 Å². The SMILES string of the molecule is C[C@@H]1CC[C@@H](C)C1c1ccccc1P(c1ccccc1)c1ccc(P(c2ccccc2)c2ccccc2C2[C@@H](C)CC[C@@H]2C)cc1. The van der Waals surface area contributed by atoms with Gasteiger partial charge < -0.3 is 0 Å². The first kappa shape index (κ1) is 31.6. The molecule has 0 heterocycles. The van der Waals surface area contributed by atoms with Crippen LogP contribution in [0.3, 0.4) is 0 Å². The molecule has 5 aromatic carbocycles. The summed E-state index contributed by atoms with van der Waals surface area (Å²) in [6, 6.07) is 51.4. The molecule has 0 radical (unpaired) electrons. The molecule has 2 heteroatoms. The van der Waals surface area contributed by atoms with Gasteiger partial charge in [-0.2, -0.15) is 0 Å². The lowest BCUT2D eigenvalue weighted by Crippen LogP contribution is -2.28. The summed E-state index contributed by atoms with van der Waals surface area (Å²) in [5.41, 5.74) is 3.17. The molecule has 2 saturated carbocycles. The van der Waals surface area contributed by atoms with E-state index in [9.17, 15) is 0 Å². The van der Waals surface area contributed by atoms with Crippen LogP contribution in [0.15, 0.2) is 133 Å². The third-order valence-electron chi connectivity index (χ3n) is 11.1. The number of benzene rings is 5. The fraction of sp³-hybridized carbons (Fsp3) is 0.318. The maximum absolute atomic E-state index is 2.48. The quantitative estimate of drug-likeness (QED) is 0.149. The molecule has 46 heavy (non-hydrogen) atoms. The molecule has 0 aromatic heterocycles. The minimum absolute atomic E-state index is 0.631. The van der Waals surface area contributed by atoms with E-state index in [2.05, 4.69) is 161 Å². The van der Waals surface area contributed by atoms with Crippen molar-refractivity contribution in [2.45, 2.75) is 65.2 Å². The second-order valence-corrected chi connectivity index (χ2v) is 18.5. The number of hydrogen-bond donors (Lipinski definition) is 0. The van der Waals surface area contributed by atoms with E-state index in [1.165, 1.54) is 46.9 Å². The average molecular weight is 639 g/mol. The van der Waals surface area contributed by atoms with Gasteiger partial charge in [0.1, 0.15) is 0 Å². The Labute approximate surface area is 280 Å². The molecular weight excluding hydrogens is 590 g/mol. The highest BCUT2D eigenvalue weighted by Gasteiger charge is 2.36. The Kier molecular flexibility index (Phi) is 9.59. The molecule has 0 nitrogen and oxygen atoms in total. The highest BCUT2D eigenvalue weighted by atomic mass is 31.1. The largest absolute Gasteiger partial charge is 0.0622 e. The van der Waals surface area contributed by atoms with Gasteiger partial charge in [-0.15, -0.1) is 0 Å². The van der Waals surface area contributed by atoms with Gasteiger partial charge in [-0.05, 0) is 120 Å². The first-order valence-electron chi connectivity index (χ1n) is 17.5. The molecule has 2 aliphatic rings. The fourth-order valence-electron chi connectivity index (χ4n) is 8.82. The lowest BCUT2D eigenvalue weighted by molar-refractivity contribution is 0.462. The summed E-state index contributed by atoms with van der Waals surface area (Å²) in [5.74, 6) is 4.17. The molecule has 0 bridgehead atoms. The molecule has 234 valence electrons. The molecule has 5 aromatic rings. The van der Waals surface area contributed by atoms with E-state index in [1.807, 2.05) is 0 Å². The van der Waals surface area contributed by atoms with Gasteiger partial charge in [-0.1, -0.05) is 161 Å². The zero-order chi connectivity index (χ0) is 31.6. The van der Waals surface area contributed by atoms with Crippen molar-refractivity contribution >= 4 is 47.7 Å². The molecule has 6 atom stereocenters. The molecule has 0 spiro atoms. The van der Waals surface area contributed by atoms with Crippen molar-refractivity contribution < 1.29 is 0 Å². The van der Waals surface area contributed by atoms with Gasteiger partial charge in [0.25, 0.3) is 0 Å². The van der Waals surface area contributed by atoms with Gasteiger partial charge in [0.2, 0.25) is 0 Å². The summed E-state index contributed by atoms with van der Waals surface area (Å²) in [7, 11) is -1.36. The van der Waals surface area contributed by atoms with E-state index < -0.39 is 15.8 Å². The van der Waals surface area contributed by atoms with E-state index in [-0.39, 0.29) is 0 Å². The highest BCUT2D eigenvalue weighted by molar-refractivity contribution is 7.80. The molecule has 2 aliphatic carbocycles. The minimum Gasteiger partial charge on any atom is -0.0622 e. The maximum atomic E-state index is 2.48. The Morgan fingerprint density at radius 2 is 0.630 bits per heavy atom. The Balaban J connectivity index is 1.34. The number of hydrogen-bond acceptors (Lipinski definition) is 0. The lowest BCUT2D eigenvalue weighted by atomic mass is 9.85. The van der Waals surface area contributed by atoms with E-state index in [0.29, 0.717) is 11.8 Å². The summed E-state index contributed by atoms with van der Waals surface area (Å²) in [4.78, 5) is 0. The summed E-state index contributed by atoms with van der Waals surface area (Å²) in [5, 5.41) is 8.87. The van der Waals surface area contributed by atoms with Crippen LogP contribution < -0.4 is 31.8 Å². The second kappa shape index (κ2) is 14.0. The summed E-state index contributed by atoms with van der Waals surface area (Å²) in [6.07, 6.45) is 5.34. The summed E-state index contributed by atoms with van der Waals surface area (Å²) in [6.45, 7) is 9.89. The van der Waals surface area contributed by atoms with Gasteiger partial charge in [0.15, 0.2) is 0 Å². The van der Waals surface area contributed by atoms with Gasteiger partial charge in [0, 0.05) is 0 Å². The van der Waals surface area contributed by atoms with E-state index >= 15 is 0 Å². The van der Waals surface area contributed by atoms with Crippen LogP contribution in [0.5, 0.6) is 0 Å². The van der Waals surface area contributed by atoms with Crippen molar-refractivity contribution in [3.8, 4) is 0 Å². The standard InChI is InChI=1S/C44H48P2/c1-31-23-24-32(2)43(31)39-19-11-13-21-41(39)45(35-15-7-5-8-16-35)37-27-29-38(30-28-37)46(36-17-9-6-10-18-36)42-22-14-12-20-40(42)44-33(3)25-26-34(44)4/h5-22,27-34,43-44H,23-26H2,1-4H3/t31-,32-,33+,34+,45?,46?. The zero-order valence-corrected chi connectivity index (χ0v) is 29.7. The monoisotopic (exact) mass is 638 g/mol. The minimum atomic E-state index is -0.679. The summed E-state index contributed by atoms with van der Waals surface area (Å²) >= 11 is 0. The third kappa shape index (κ3) is 6.17. The molecule has 0 amide bonds. The van der Waals surface area contributed by atoms with Crippen LogP contribution in [-0.4, -0.2) is 0 Å². The van der Waals surface area contributed by atoms with Gasteiger partial charge in [-0.3, -0.25) is 0 Å². The van der Waals surface area contributed by atoms with Crippen LogP contribution in [0.1, 0.15) is 76.3 Å². The second-order valence-electron chi connectivity index (χ2n) is 14.1. The lowest BCUT2D eigenvalue weighted by Gasteiger charge is -2.30. The number of rotatable bonds is 8. The highest BCUT2D eigenvalue weighted by Crippen LogP contribution is 2.48. The average Bonchev–Trinajstić information content (AvgIpc) is 3.61. The Bertz CT molecular complexity index is 1580. The Hall–Kier alpha value is -3.04. The first-order chi connectivity index (χ1) is 22.5. The van der Waals surface area contributed by atoms with Crippen LogP contribution in [0, 0.1) is 23.7 Å². The van der Waals surface area contributed by atoms with Crippen molar-refractivity contribution in [3.63, 3.8) is 0 Å². The topological polar surface area (TPSA) is 0 Å². The maximum Gasteiger partial charge on any atom is -0.0104 e. The molecule has 2 unspecified atom stereocenters. The third-order valence-corrected chi connectivity index (χ3v) is 16.1. The molecule has 7 rings (SSSR count). The predicted octanol–water partition coefficient (Wildman–Crippen LogP) is 9.50. The molecule has 0 saturated heterocycles. The van der Waals surface area contributed by atoms with Gasteiger partial charge in [0.05, 0.1) is 0 Å². The first-order valence-corrected chi connectivity index (χ1v) is 20.2. The van der Waals surface area contributed by atoms with Crippen molar-refractivity contribution in [2.24, 2.45) is 23.7 Å². The van der Waals surface area contributed by atoms with E-state index in [1.54, 1.807) is 21.7 Å². The van der Waals surface area contributed by atoms with Gasteiger partial charge in [-0.25, -0.2) is 0 Å². The van der Waals surface area contributed by atoms with Crippen LogP contribution in [0.2, 0.25) is 0 Å². The Morgan fingerprint density at radius 3 is 0.978 bits per heavy atom. The fourth-order valence-corrected chi connectivity index (χ4v) is 13.8. The van der Waals surface area contributed by atoms with Crippen LogP contribution >= 0.6 is 15.8 Å². The zero-order valence-electron chi connectivity index (χ0n) is 27.9. The molecule has 0 aliphatic heterocycles. The molecular formula is C44H48P2. The summed E-state index contributed by atoms with van der Waals surface area (Å²) < 4.78 is 0. The van der Waals surface area contributed by atoms with E-state index in [4.69, 9.17) is 0 Å². The van der Waals surface area contributed by atoms with Crippen molar-refractivity contribution in [3.05, 3.63) is 145 Å². The van der Waals surface area contributed by atoms with Gasteiger partial charge >= 0.3 is 0 Å². The van der Waals surface area contributed by atoms with Crippen molar-refractivity contribution in [2.75, 3.05) is 0 Å². The Morgan fingerprint density at radius 1 is 0.348 bits per heavy atom. The molecule has 0 N–H and O–H groups in total. The van der Waals surface area contributed by atoms with Crippen LogP contribution in [0.25, 0.3) is 0 Å².